The van der Waals surface area contributed by atoms with Crippen molar-refractivity contribution in [3.05, 3.63) is 53.1 Å². The number of halogens is 3. The van der Waals surface area contributed by atoms with Crippen molar-refractivity contribution in [1.29, 1.82) is 0 Å². The number of nitrogens with one attached hydrogen (secondary N) is 1. The van der Waals surface area contributed by atoms with E-state index in [9.17, 15) is 18.7 Å². The van der Waals surface area contributed by atoms with Crippen LogP contribution in [0.2, 0.25) is 5.02 Å². The molecule has 0 unspecified atom stereocenters. The average Bonchev–Trinajstić information content (AvgIpc) is 2.43. The van der Waals surface area contributed by atoms with Gasteiger partial charge in [0.15, 0.2) is 0 Å². The van der Waals surface area contributed by atoms with Crippen LogP contribution in [-0.2, 0) is 0 Å². The van der Waals surface area contributed by atoms with Crippen LogP contribution in [-0.4, -0.2) is 17.6 Å². The highest BCUT2D eigenvalue weighted by Crippen LogP contribution is 2.27. The van der Waals surface area contributed by atoms with Gasteiger partial charge in [-0.2, -0.15) is 8.78 Å². The molecule has 0 spiro atoms. The van der Waals surface area contributed by atoms with Crippen molar-refractivity contribution in [1.82, 2.24) is 0 Å². The molecule has 0 heterocycles. The average molecular weight is 314 g/mol. The van der Waals surface area contributed by atoms with E-state index in [4.69, 9.17) is 11.6 Å². The van der Waals surface area contributed by atoms with Crippen molar-refractivity contribution in [3.8, 4) is 11.5 Å². The Morgan fingerprint density at radius 1 is 1.24 bits per heavy atom. The minimum absolute atomic E-state index is 0.0489. The first-order valence-corrected chi connectivity index (χ1v) is 6.19. The molecule has 1 amide bonds. The van der Waals surface area contributed by atoms with E-state index in [1.807, 2.05) is 0 Å². The second-order valence-corrected chi connectivity index (χ2v) is 4.40. The van der Waals surface area contributed by atoms with Crippen LogP contribution < -0.4 is 10.1 Å². The molecule has 110 valence electrons. The predicted octanol–water partition coefficient (Wildman–Crippen LogP) is 3.90. The number of para-hydroxylation sites is 1. The highest BCUT2D eigenvalue weighted by Gasteiger charge is 2.15. The molecule has 0 radical (unpaired) electrons. The number of hydrogen-bond donors (Lipinski definition) is 2. The summed E-state index contributed by atoms with van der Waals surface area (Å²) in [5.41, 5.74) is 0.223. The standard InChI is InChI=1S/C14H10ClF2NO3/c15-10-6-5-8(7-11(10)19)18-13(20)9-3-1-2-4-12(9)21-14(16)17/h1-7,14,19H,(H,18,20). The van der Waals surface area contributed by atoms with Crippen molar-refractivity contribution in [2.75, 3.05) is 5.32 Å². The Bertz CT molecular complexity index is 664. The fourth-order valence-corrected chi connectivity index (χ4v) is 1.76. The molecule has 0 aliphatic heterocycles. The number of phenolic OH excluding ortho intramolecular Hbond substituents is 1. The minimum Gasteiger partial charge on any atom is -0.506 e. The maximum Gasteiger partial charge on any atom is 0.387 e. The van der Waals surface area contributed by atoms with E-state index < -0.39 is 12.5 Å². The highest BCUT2D eigenvalue weighted by atomic mass is 35.5. The van der Waals surface area contributed by atoms with Crippen LogP contribution in [0.1, 0.15) is 10.4 Å². The lowest BCUT2D eigenvalue weighted by Crippen LogP contribution is -2.14. The van der Waals surface area contributed by atoms with E-state index >= 15 is 0 Å². The molecule has 2 aromatic rings. The molecule has 2 aromatic carbocycles. The number of benzene rings is 2. The first-order valence-electron chi connectivity index (χ1n) is 5.81. The molecule has 2 N–H and O–H groups in total. The Morgan fingerprint density at radius 3 is 2.62 bits per heavy atom. The summed E-state index contributed by atoms with van der Waals surface area (Å²) in [6, 6.07) is 9.72. The second kappa shape index (κ2) is 6.41. The Balaban J connectivity index is 2.22. The van der Waals surface area contributed by atoms with Crippen LogP contribution in [0.5, 0.6) is 11.5 Å². The number of anilines is 1. The molecule has 2 rings (SSSR count). The largest absolute Gasteiger partial charge is 0.506 e. The predicted molar refractivity (Wildman–Crippen MR) is 74.1 cm³/mol. The van der Waals surface area contributed by atoms with E-state index in [1.54, 1.807) is 0 Å². The van der Waals surface area contributed by atoms with Gasteiger partial charge in [0, 0.05) is 11.8 Å². The zero-order valence-electron chi connectivity index (χ0n) is 10.5. The van der Waals surface area contributed by atoms with E-state index in [0.717, 1.165) is 0 Å². The van der Waals surface area contributed by atoms with Gasteiger partial charge in [-0.3, -0.25) is 4.79 Å². The molecule has 0 aliphatic rings. The minimum atomic E-state index is -3.03. The van der Waals surface area contributed by atoms with Gasteiger partial charge in [-0.25, -0.2) is 0 Å². The molecule has 7 heteroatoms. The van der Waals surface area contributed by atoms with Gasteiger partial charge < -0.3 is 15.2 Å². The number of carbonyl (C=O) groups excluding carboxylic acids is 1. The Hall–Kier alpha value is -2.34. The van der Waals surface area contributed by atoms with Crippen molar-refractivity contribution >= 4 is 23.2 Å². The summed E-state index contributed by atoms with van der Waals surface area (Å²) >= 11 is 5.65. The molecular weight excluding hydrogens is 304 g/mol. The summed E-state index contributed by atoms with van der Waals surface area (Å²) in [5, 5.41) is 12.0. The molecule has 0 aliphatic carbocycles. The summed E-state index contributed by atoms with van der Waals surface area (Å²) in [5.74, 6) is -1.08. The summed E-state index contributed by atoms with van der Waals surface area (Å²) in [6.07, 6.45) is 0. The normalized spacial score (nSPS) is 10.5. The molecular formula is C14H10ClF2NO3. The lowest BCUT2D eigenvalue weighted by atomic mass is 10.2. The van der Waals surface area contributed by atoms with Crippen molar-refractivity contribution in [3.63, 3.8) is 0 Å². The number of amides is 1. The number of aromatic hydroxyl groups is 1. The number of rotatable bonds is 4. The summed E-state index contributed by atoms with van der Waals surface area (Å²) in [7, 11) is 0. The van der Waals surface area contributed by atoms with Crippen molar-refractivity contribution in [2.24, 2.45) is 0 Å². The van der Waals surface area contributed by atoms with Crippen LogP contribution in [0, 0.1) is 0 Å². The lowest BCUT2D eigenvalue weighted by Gasteiger charge is -2.11. The Kier molecular flexibility index (Phi) is 4.59. The molecule has 0 bridgehead atoms. The molecule has 0 saturated heterocycles. The maximum absolute atomic E-state index is 12.3. The SMILES string of the molecule is O=C(Nc1ccc(Cl)c(O)c1)c1ccccc1OC(F)F. The van der Waals surface area contributed by atoms with Crippen LogP contribution in [0.15, 0.2) is 42.5 Å². The maximum atomic E-state index is 12.3. The third kappa shape index (κ3) is 3.82. The van der Waals surface area contributed by atoms with Crippen LogP contribution in [0.25, 0.3) is 0 Å². The van der Waals surface area contributed by atoms with Gasteiger partial charge in [-0.1, -0.05) is 23.7 Å². The van der Waals surface area contributed by atoms with Crippen molar-refractivity contribution in [2.45, 2.75) is 6.61 Å². The quantitative estimate of drug-likeness (QED) is 0.900. The Labute approximate surface area is 123 Å². The van der Waals surface area contributed by atoms with Gasteiger partial charge in [0.25, 0.3) is 5.91 Å². The third-order valence-electron chi connectivity index (χ3n) is 2.55. The van der Waals surface area contributed by atoms with Gasteiger partial charge in [0.05, 0.1) is 10.6 Å². The number of phenols is 1. The van der Waals surface area contributed by atoms with E-state index in [1.165, 1.54) is 42.5 Å². The van der Waals surface area contributed by atoms with Crippen LogP contribution in [0.3, 0.4) is 0 Å². The monoisotopic (exact) mass is 313 g/mol. The Morgan fingerprint density at radius 2 is 1.95 bits per heavy atom. The summed E-state index contributed by atoms with van der Waals surface area (Å²) in [6.45, 7) is -3.03. The van der Waals surface area contributed by atoms with Gasteiger partial charge in [0.2, 0.25) is 0 Å². The van der Waals surface area contributed by atoms with Gasteiger partial charge in [0.1, 0.15) is 11.5 Å². The zero-order valence-corrected chi connectivity index (χ0v) is 11.3. The molecule has 0 saturated carbocycles. The highest BCUT2D eigenvalue weighted by molar-refractivity contribution is 6.32. The summed E-state index contributed by atoms with van der Waals surface area (Å²) < 4.78 is 28.9. The fourth-order valence-electron chi connectivity index (χ4n) is 1.64. The first-order chi connectivity index (χ1) is 9.97. The molecule has 0 atom stereocenters. The van der Waals surface area contributed by atoms with Gasteiger partial charge >= 0.3 is 6.61 Å². The van der Waals surface area contributed by atoms with Crippen molar-refractivity contribution < 1.29 is 23.4 Å². The van der Waals surface area contributed by atoms with E-state index in [0.29, 0.717) is 0 Å². The lowest BCUT2D eigenvalue weighted by molar-refractivity contribution is -0.0501. The number of ether oxygens (including phenoxy) is 1. The van der Waals surface area contributed by atoms with E-state index in [2.05, 4.69) is 10.1 Å². The smallest absolute Gasteiger partial charge is 0.387 e. The van der Waals surface area contributed by atoms with Crippen LogP contribution in [0.4, 0.5) is 14.5 Å². The van der Waals surface area contributed by atoms with Crippen LogP contribution >= 0.6 is 11.6 Å². The summed E-state index contributed by atoms with van der Waals surface area (Å²) in [4.78, 5) is 12.1. The van der Waals surface area contributed by atoms with Gasteiger partial charge in [-0.15, -0.1) is 0 Å². The van der Waals surface area contributed by atoms with E-state index in [-0.39, 0.29) is 27.8 Å². The zero-order chi connectivity index (χ0) is 15.4. The molecule has 21 heavy (non-hydrogen) atoms. The first kappa shape index (κ1) is 15.1. The number of alkyl halides is 2. The molecule has 0 aromatic heterocycles. The second-order valence-electron chi connectivity index (χ2n) is 3.99. The molecule has 4 nitrogen and oxygen atoms in total. The number of hydrogen-bond acceptors (Lipinski definition) is 3. The topological polar surface area (TPSA) is 58.6 Å². The molecule has 0 fully saturated rings. The fraction of sp³-hybridized carbons (Fsp3) is 0.0714. The third-order valence-corrected chi connectivity index (χ3v) is 2.87. The number of carbonyl (C=O) groups is 1. The van der Waals surface area contributed by atoms with Gasteiger partial charge in [-0.05, 0) is 24.3 Å².